The molecule has 0 fully saturated rings. The summed E-state index contributed by atoms with van der Waals surface area (Å²) >= 11 is 6.17. The molecule has 4 aromatic carbocycles. The zero-order valence-electron chi connectivity index (χ0n) is 21.5. The second-order valence-corrected chi connectivity index (χ2v) is 11.3. The van der Waals surface area contributed by atoms with Crippen LogP contribution < -0.4 is 14.8 Å². The van der Waals surface area contributed by atoms with Gasteiger partial charge in [-0.3, -0.25) is 4.79 Å². The number of aromatic nitrogens is 1. The minimum absolute atomic E-state index is 0.0621. The molecule has 1 unspecified atom stereocenters. The van der Waals surface area contributed by atoms with Crippen molar-refractivity contribution in [2.24, 2.45) is 0 Å². The molecule has 2 N–H and O–H groups in total. The second-order valence-electron chi connectivity index (χ2n) is 9.14. The standard InChI is InChI=1S/C30H28ClN3O4S/c1-3-34-27-12-8-7-11-23(27)24-18-21(13-15-28(24)34)32-30(35)26(17-20-9-5-4-6-10-20)33-39(36,37)22-14-16-29(38-2)25(31)19-22/h4-16,18-19,26,33H,3,17H2,1-2H3,(H,32,35). The van der Waals surface area contributed by atoms with Crippen LogP contribution >= 0.6 is 11.6 Å². The molecule has 5 rings (SSSR count). The van der Waals surface area contributed by atoms with E-state index in [1.54, 1.807) is 0 Å². The van der Waals surface area contributed by atoms with Crippen LogP contribution in [-0.2, 0) is 27.8 Å². The van der Waals surface area contributed by atoms with Crippen molar-refractivity contribution in [1.29, 1.82) is 0 Å². The van der Waals surface area contributed by atoms with E-state index in [9.17, 15) is 13.2 Å². The highest BCUT2D eigenvalue weighted by molar-refractivity contribution is 7.89. The number of nitrogens with one attached hydrogen (secondary N) is 2. The molecule has 0 saturated carbocycles. The Labute approximate surface area is 232 Å². The van der Waals surface area contributed by atoms with Gasteiger partial charge in [0.1, 0.15) is 11.8 Å². The molecule has 7 nitrogen and oxygen atoms in total. The predicted molar refractivity (Wildman–Crippen MR) is 156 cm³/mol. The van der Waals surface area contributed by atoms with Crippen molar-refractivity contribution in [2.75, 3.05) is 12.4 Å². The number of hydrogen-bond donors (Lipinski definition) is 2. The maximum absolute atomic E-state index is 13.6. The highest BCUT2D eigenvalue weighted by atomic mass is 35.5. The fourth-order valence-electron chi connectivity index (χ4n) is 4.81. The lowest BCUT2D eigenvalue weighted by Gasteiger charge is -2.19. The molecule has 0 aliphatic heterocycles. The van der Waals surface area contributed by atoms with Crippen LogP contribution in [0.3, 0.4) is 0 Å². The van der Waals surface area contributed by atoms with Crippen LogP contribution in [0.1, 0.15) is 12.5 Å². The Morgan fingerprint density at radius 1 is 0.923 bits per heavy atom. The number of fused-ring (bicyclic) bond motifs is 3. The van der Waals surface area contributed by atoms with Gasteiger partial charge in [-0.25, -0.2) is 8.42 Å². The first-order chi connectivity index (χ1) is 18.8. The average Bonchev–Trinajstić information content (AvgIpc) is 3.26. The monoisotopic (exact) mass is 561 g/mol. The van der Waals surface area contributed by atoms with Gasteiger partial charge in [-0.1, -0.05) is 60.1 Å². The zero-order valence-corrected chi connectivity index (χ0v) is 23.1. The summed E-state index contributed by atoms with van der Waals surface area (Å²) in [7, 11) is -2.63. The van der Waals surface area contributed by atoms with Crippen LogP contribution in [0.25, 0.3) is 21.8 Å². The summed E-state index contributed by atoms with van der Waals surface area (Å²) < 4.78 is 36.5. The highest BCUT2D eigenvalue weighted by Gasteiger charge is 2.27. The van der Waals surface area contributed by atoms with Crippen molar-refractivity contribution in [1.82, 2.24) is 9.29 Å². The fourth-order valence-corrected chi connectivity index (χ4v) is 6.35. The van der Waals surface area contributed by atoms with E-state index in [2.05, 4.69) is 33.7 Å². The fraction of sp³-hybridized carbons (Fsp3) is 0.167. The Kier molecular flexibility index (Phi) is 7.61. The number of aryl methyl sites for hydroxylation is 1. The van der Waals surface area contributed by atoms with Gasteiger partial charge in [0.2, 0.25) is 15.9 Å². The molecule has 9 heteroatoms. The largest absolute Gasteiger partial charge is 0.495 e. The predicted octanol–water partition coefficient (Wildman–Crippen LogP) is 6.00. The zero-order chi connectivity index (χ0) is 27.6. The molecule has 0 bridgehead atoms. The van der Waals surface area contributed by atoms with Crippen LogP contribution in [0, 0.1) is 0 Å². The van der Waals surface area contributed by atoms with Crippen molar-refractivity contribution < 1.29 is 17.9 Å². The van der Waals surface area contributed by atoms with Gasteiger partial charge in [-0.15, -0.1) is 0 Å². The molecule has 0 saturated heterocycles. The van der Waals surface area contributed by atoms with Gasteiger partial charge in [0.25, 0.3) is 0 Å². The van der Waals surface area contributed by atoms with Gasteiger partial charge in [0.15, 0.2) is 0 Å². The van der Waals surface area contributed by atoms with E-state index in [4.69, 9.17) is 16.3 Å². The van der Waals surface area contributed by atoms with Crippen molar-refractivity contribution in [2.45, 2.75) is 30.8 Å². The number of methoxy groups -OCH3 is 1. The van der Waals surface area contributed by atoms with Gasteiger partial charge in [-0.05, 0) is 61.4 Å². The summed E-state index contributed by atoms with van der Waals surface area (Å²) in [5.74, 6) is -0.116. The molecule has 200 valence electrons. The third kappa shape index (κ3) is 5.49. The summed E-state index contributed by atoms with van der Waals surface area (Å²) in [5, 5.41) is 5.18. The van der Waals surface area contributed by atoms with E-state index in [1.165, 1.54) is 25.3 Å². The van der Waals surface area contributed by atoms with Crippen LogP contribution in [-0.4, -0.2) is 32.0 Å². The number of rotatable bonds is 9. The van der Waals surface area contributed by atoms with Crippen molar-refractivity contribution >= 4 is 55.0 Å². The summed E-state index contributed by atoms with van der Waals surface area (Å²) in [4.78, 5) is 13.5. The van der Waals surface area contributed by atoms with Crippen molar-refractivity contribution in [3.8, 4) is 5.75 Å². The number of ether oxygens (including phenoxy) is 1. The third-order valence-electron chi connectivity index (χ3n) is 6.69. The Morgan fingerprint density at radius 3 is 2.36 bits per heavy atom. The number of amides is 1. The lowest BCUT2D eigenvalue weighted by molar-refractivity contribution is -0.117. The average molecular weight is 562 g/mol. The molecule has 1 heterocycles. The molecule has 1 atom stereocenters. The number of halogens is 1. The van der Waals surface area contributed by atoms with Gasteiger partial charge in [-0.2, -0.15) is 4.72 Å². The van der Waals surface area contributed by atoms with Gasteiger partial charge in [0, 0.05) is 34.0 Å². The second kappa shape index (κ2) is 11.1. The van der Waals surface area contributed by atoms with Crippen LogP contribution in [0.5, 0.6) is 5.75 Å². The van der Waals surface area contributed by atoms with Crippen LogP contribution in [0.4, 0.5) is 5.69 Å². The number of hydrogen-bond acceptors (Lipinski definition) is 4. The Hall–Kier alpha value is -3.85. The van der Waals surface area contributed by atoms with E-state index >= 15 is 0 Å². The topological polar surface area (TPSA) is 89.4 Å². The molecule has 5 aromatic rings. The molecular weight excluding hydrogens is 534 g/mol. The van der Waals surface area contributed by atoms with Crippen molar-refractivity contribution in [3.63, 3.8) is 0 Å². The maximum Gasteiger partial charge on any atom is 0.242 e. The van der Waals surface area contributed by atoms with E-state index in [0.29, 0.717) is 11.4 Å². The molecule has 0 radical (unpaired) electrons. The van der Waals surface area contributed by atoms with Gasteiger partial charge in [0.05, 0.1) is 17.0 Å². The number of para-hydroxylation sites is 1. The van der Waals surface area contributed by atoms with E-state index in [0.717, 1.165) is 33.9 Å². The maximum atomic E-state index is 13.6. The Morgan fingerprint density at radius 2 is 1.64 bits per heavy atom. The molecule has 1 aromatic heterocycles. The Balaban J connectivity index is 1.46. The summed E-state index contributed by atoms with van der Waals surface area (Å²) in [6.07, 6.45) is 0.160. The first kappa shape index (κ1) is 26.7. The molecular formula is C30H28ClN3O4S. The van der Waals surface area contributed by atoms with E-state index < -0.39 is 22.0 Å². The minimum Gasteiger partial charge on any atom is -0.495 e. The minimum atomic E-state index is -4.08. The number of carbonyl (C=O) groups is 1. The van der Waals surface area contributed by atoms with Crippen LogP contribution in [0.2, 0.25) is 5.02 Å². The smallest absolute Gasteiger partial charge is 0.242 e. The van der Waals surface area contributed by atoms with E-state index in [1.807, 2.05) is 60.7 Å². The highest BCUT2D eigenvalue weighted by Crippen LogP contribution is 2.31. The number of benzene rings is 4. The third-order valence-corrected chi connectivity index (χ3v) is 8.45. The van der Waals surface area contributed by atoms with Crippen LogP contribution in [0.15, 0.2) is 95.9 Å². The van der Waals surface area contributed by atoms with Gasteiger partial charge < -0.3 is 14.6 Å². The Bertz CT molecular complexity index is 1770. The summed E-state index contributed by atoms with van der Waals surface area (Å²) in [6.45, 7) is 2.91. The molecule has 0 aliphatic carbocycles. The number of carbonyl (C=O) groups excluding carboxylic acids is 1. The quantitative estimate of drug-likeness (QED) is 0.231. The summed E-state index contributed by atoms with van der Waals surface area (Å²) in [5.41, 5.74) is 3.58. The number of nitrogens with zero attached hydrogens (tertiary/aromatic N) is 1. The first-order valence-corrected chi connectivity index (χ1v) is 14.4. The lowest BCUT2D eigenvalue weighted by Crippen LogP contribution is -2.45. The normalized spacial score (nSPS) is 12.5. The molecule has 1 amide bonds. The number of anilines is 1. The van der Waals surface area contributed by atoms with E-state index in [-0.39, 0.29) is 16.3 Å². The SMILES string of the molecule is CCn1c2ccccc2c2cc(NC(=O)C(Cc3ccccc3)NS(=O)(=O)c3ccc(OC)c(Cl)c3)ccc21. The number of sulfonamides is 1. The van der Waals surface area contributed by atoms with Gasteiger partial charge >= 0.3 is 0 Å². The summed E-state index contributed by atoms with van der Waals surface area (Å²) in [6, 6.07) is 26.2. The first-order valence-electron chi connectivity index (χ1n) is 12.5. The lowest BCUT2D eigenvalue weighted by atomic mass is 10.1. The molecule has 39 heavy (non-hydrogen) atoms. The molecule has 0 spiro atoms. The van der Waals surface area contributed by atoms with Crippen molar-refractivity contribution in [3.05, 3.63) is 102 Å². The molecule has 0 aliphatic rings.